The van der Waals surface area contributed by atoms with Gasteiger partial charge in [-0.05, 0) is 29.7 Å². The molecule has 2 N–H and O–H groups in total. The van der Waals surface area contributed by atoms with Crippen LogP contribution in [0, 0.1) is 5.92 Å². The van der Waals surface area contributed by atoms with Crippen molar-refractivity contribution in [2.45, 2.75) is 26.3 Å². The molecule has 1 aromatic carbocycles. The van der Waals surface area contributed by atoms with E-state index in [2.05, 4.69) is 5.32 Å². The molecule has 108 valence electrons. The average molecular weight is 296 g/mol. The first-order chi connectivity index (χ1) is 9.43. The van der Waals surface area contributed by atoms with E-state index in [0.717, 1.165) is 5.56 Å². The molecule has 0 fully saturated rings. The van der Waals surface area contributed by atoms with Gasteiger partial charge in [0, 0.05) is 11.1 Å². The molecule has 0 radical (unpaired) electrons. The monoisotopic (exact) mass is 295 g/mol. The van der Waals surface area contributed by atoms with Crippen LogP contribution < -0.4 is 5.32 Å². The third-order valence-corrected chi connectivity index (χ3v) is 3.33. The van der Waals surface area contributed by atoms with Crippen LogP contribution in [0.2, 0.25) is 5.02 Å². The van der Waals surface area contributed by atoms with E-state index in [1.54, 1.807) is 37.3 Å². The standard InChI is InChI=1S/C15H18ClNO3/c1-3-10(2)14(15(19)20)17-13(18)9-6-11-4-7-12(16)8-5-11/h4-10,14H,3H2,1-2H3,(H,17,18)(H,19,20)/b9-6+/t10?,14-/m0/s1. The normalized spacial score (nSPS) is 13.9. The Kier molecular flexibility index (Phi) is 6.25. The topological polar surface area (TPSA) is 66.4 Å². The molecule has 0 aromatic heterocycles. The molecule has 0 saturated heterocycles. The maximum absolute atomic E-state index is 11.7. The van der Waals surface area contributed by atoms with Gasteiger partial charge in [0.05, 0.1) is 0 Å². The van der Waals surface area contributed by atoms with Crippen LogP contribution >= 0.6 is 11.6 Å². The van der Waals surface area contributed by atoms with Crippen LogP contribution in [-0.2, 0) is 9.59 Å². The molecule has 4 nitrogen and oxygen atoms in total. The van der Waals surface area contributed by atoms with Crippen LogP contribution in [0.4, 0.5) is 0 Å². The average Bonchev–Trinajstić information content (AvgIpc) is 2.43. The van der Waals surface area contributed by atoms with E-state index in [-0.39, 0.29) is 5.92 Å². The number of rotatable bonds is 6. The van der Waals surface area contributed by atoms with Gasteiger partial charge in [-0.15, -0.1) is 0 Å². The van der Waals surface area contributed by atoms with Crippen LogP contribution in [-0.4, -0.2) is 23.0 Å². The maximum Gasteiger partial charge on any atom is 0.326 e. The fourth-order valence-electron chi connectivity index (χ4n) is 1.63. The van der Waals surface area contributed by atoms with Crippen LogP contribution in [0.15, 0.2) is 30.3 Å². The lowest BCUT2D eigenvalue weighted by molar-refractivity contribution is -0.142. The SMILES string of the molecule is CCC(C)[C@H](NC(=O)/C=C/c1ccc(Cl)cc1)C(=O)O. The Balaban J connectivity index is 2.66. The molecule has 1 unspecified atom stereocenters. The number of carboxylic acid groups (broad SMARTS) is 1. The molecule has 1 rings (SSSR count). The highest BCUT2D eigenvalue weighted by Gasteiger charge is 2.24. The van der Waals surface area contributed by atoms with Gasteiger partial charge in [-0.1, -0.05) is 44.0 Å². The smallest absolute Gasteiger partial charge is 0.326 e. The van der Waals surface area contributed by atoms with Gasteiger partial charge < -0.3 is 10.4 Å². The van der Waals surface area contributed by atoms with E-state index < -0.39 is 17.9 Å². The molecule has 20 heavy (non-hydrogen) atoms. The number of aliphatic carboxylic acids is 1. The zero-order valence-corrected chi connectivity index (χ0v) is 12.2. The summed E-state index contributed by atoms with van der Waals surface area (Å²) in [7, 11) is 0. The van der Waals surface area contributed by atoms with E-state index >= 15 is 0 Å². The van der Waals surface area contributed by atoms with Crippen molar-refractivity contribution in [3.05, 3.63) is 40.9 Å². The first kappa shape index (κ1) is 16.2. The van der Waals surface area contributed by atoms with Crippen LogP contribution in [0.5, 0.6) is 0 Å². The Morgan fingerprint density at radius 1 is 1.35 bits per heavy atom. The minimum absolute atomic E-state index is 0.125. The summed E-state index contributed by atoms with van der Waals surface area (Å²) in [5.74, 6) is -1.57. The largest absolute Gasteiger partial charge is 0.480 e. The number of halogens is 1. The van der Waals surface area contributed by atoms with Crippen molar-refractivity contribution in [1.82, 2.24) is 5.32 Å². The Morgan fingerprint density at radius 2 is 1.95 bits per heavy atom. The lowest BCUT2D eigenvalue weighted by Crippen LogP contribution is -2.44. The molecular formula is C15H18ClNO3. The molecule has 0 bridgehead atoms. The summed E-state index contributed by atoms with van der Waals surface area (Å²) >= 11 is 5.76. The van der Waals surface area contributed by atoms with Crippen molar-refractivity contribution >= 4 is 29.6 Å². The van der Waals surface area contributed by atoms with E-state index in [9.17, 15) is 9.59 Å². The van der Waals surface area contributed by atoms with E-state index in [0.29, 0.717) is 11.4 Å². The fourth-order valence-corrected chi connectivity index (χ4v) is 1.76. The lowest BCUT2D eigenvalue weighted by Gasteiger charge is -2.19. The number of carbonyl (C=O) groups excluding carboxylic acids is 1. The fraction of sp³-hybridized carbons (Fsp3) is 0.333. The van der Waals surface area contributed by atoms with E-state index in [1.165, 1.54) is 6.08 Å². The Morgan fingerprint density at radius 3 is 2.45 bits per heavy atom. The van der Waals surface area contributed by atoms with Crippen molar-refractivity contribution in [1.29, 1.82) is 0 Å². The lowest BCUT2D eigenvalue weighted by atomic mass is 9.99. The molecule has 5 heteroatoms. The molecule has 1 aromatic rings. The molecular weight excluding hydrogens is 278 g/mol. The van der Waals surface area contributed by atoms with Gasteiger partial charge in [-0.25, -0.2) is 4.79 Å². The van der Waals surface area contributed by atoms with Crippen LogP contribution in [0.25, 0.3) is 6.08 Å². The molecule has 2 atom stereocenters. The van der Waals surface area contributed by atoms with Gasteiger partial charge in [0.15, 0.2) is 0 Å². The summed E-state index contributed by atoms with van der Waals surface area (Å²) in [6.07, 6.45) is 3.61. The number of carbonyl (C=O) groups is 2. The highest BCUT2D eigenvalue weighted by atomic mass is 35.5. The Labute approximate surface area is 123 Å². The minimum Gasteiger partial charge on any atom is -0.480 e. The van der Waals surface area contributed by atoms with Crippen molar-refractivity contribution in [3.63, 3.8) is 0 Å². The van der Waals surface area contributed by atoms with Gasteiger partial charge in [-0.2, -0.15) is 0 Å². The number of carboxylic acids is 1. The maximum atomic E-state index is 11.7. The first-order valence-electron chi connectivity index (χ1n) is 6.41. The van der Waals surface area contributed by atoms with E-state index in [1.807, 2.05) is 6.92 Å². The Hall–Kier alpha value is -1.81. The van der Waals surface area contributed by atoms with Crippen molar-refractivity contribution in [3.8, 4) is 0 Å². The summed E-state index contributed by atoms with van der Waals surface area (Å²) < 4.78 is 0. The van der Waals surface area contributed by atoms with Gasteiger partial charge in [0.25, 0.3) is 0 Å². The third kappa shape index (κ3) is 5.05. The quantitative estimate of drug-likeness (QED) is 0.793. The highest BCUT2D eigenvalue weighted by Crippen LogP contribution is 2.11. The minimum atomic E-state index is -1.02. The van der Waals surface area contributed by atoms with Crippen molar-refractivity contribution < 1.29 is 14.7 Å². The zero-order valence-electron chi connectivity index (χ0n) is 11.5. The number of amides is 1. The highest BCUT2D eigenvalue weighted by molar-refractivity contribution is 6.30. The van der Waals surface area contributed by atoms with Crippen molar-refractivity contribution in [2.75, 3.05) is 0 Å². The molecule has 0 saturated carbocycles. The van der Waals surface area contributed by atoms with Crippen LogP contribution in [0.3, 0.4) is 0 Å². The summed E-state index contributed by atoms with van der Waals surface area (Å²) in [4.78, 5) is 22.8. The molecule has 0 spiro atoms. The van der Waals surface area contributed by atoms with E-state index in [4.69, 9.17) is 16.7 Å². The summed E-state index contributed by atoms with van der Waals surface area (Å²) in [6.45, 7) is 3.68. The number of benzene rings is 1. The summed E-state index contributed by atoms with van der Waals surface area (Å²) in [5.41, 5.74) is 0.819. The van der Waals surface area contributed by atoms with Gasteiger partial charge >= 0.3 is 5.97 Å². The first-order valence-corrected chi connectivity index (χ1v) is 6.78. The van der Waals surface area contributed by atoms with Crippen LogP contribution in [0.1, 0.15) is 25.8 Å². The van der Waals surface area contributed by atoms with Gasteiger partial charge in [0.2, 0.25) is 5.91 Å². The van der Waals surface area contributed by atoms with Gasteiger partial charge in [0.1, 0.15) is 6.04 Å². The second-order valence-electron chi connectivity index (χ2n) is 4.59. The second kappa shape index (κ2) is 7.70. The van der Waals surface area contributed by atoms with Gasteiger partial charge in [-0.3, -0.25) is 4.79 Å². The third-order valence-electron chi connectivity index (χ3n) is 3.07. The Bertz CT molecular complexity index is 496. The molecule has 0 aliphatic carbocycles. The molecule has 0 aliphatic heterocycles. The predicted octanol–water partition coefficient (Wildman–Crippen LogP) is 2.97. The zero-order chi connectivity index (χ0) is 15.1. The number of hydrogen-bond donors (Lipinski definition) is 2. The van der Waals surface area contributed by atoms with Crippen molar-refractivity contribution in [2.24, 2.45) is 5.92 Å². The summed E-state index contributed by atoms with van der Waals surface area (Å²) in [6, 6.07) is 6.11. The molecule has 0 heterocycles. The number of nitrogens with one attached hydrogen (secondary N) is 1. The number of hydrogen-bond acceptors (Lipinski definition) is 2. The summed E-state index contributed by atoms with van der Waals surface area (Å²) in [5, 5.41) is 12.2. The molecule has 0 aliphatic rings. The second-order valence-corrected chi connectivity index (χ2v) is 5.03. The molecule has 1 amide bonds. The predicted molar refractivity (Wildman–Crippen MR) is 79.5 cm³/mol.